The summed E-state index contributed by atoms with van der Waals surface area (Å²) in [5.74, 6) is 0.300. The van der Waals surface area contributed by atoms with Crippen LogP contribution in [0, 0.1) is 5.82 Å². The Morgan fingerprint density at radius 1 is 1.21 bits per heavy atom. The van der Waals surface area contributed by atoms with Gasteiger partial charge in [-0.25, -0.2) is 14.4 Å². The Morgan fingerprint density at radius 3 is 2.93 bits per heavy atom. The maximum absolute atomic E-state index is 14.4. The molecule has 0 saturated carbocycles. The summed E-state index contributed by atoms with van der Waals surface area (Å²) in [5.41, 5.74) is 5.39. The number of fused-ring (bicyclic) bond motifs is 2. The second kappa shape index (κ2) is 11.8. The molecule has 3 aromatic heterocycles. The third kappa shape index (κ3) is 5.29. The first-order valence-electron chi connectivity index (χ1n) is 13.4. The summed E-state index contributed by atoms with van der Waals surface area (Å²) in [7, 11) is 1.57. The van der Waals surface area contributed by atoms with Crippen LogP contribution in [0.4, 0.5) is 4.39 Å². The van der Waals surface area contributed by atoms with Gasteiger partial charge in [0.1, 0.15) is 29.7 Å². The molecular formula is C31H28FN5O4S. The van der Waals surface area contributed by atoms with Crippen molar-refractivity contribution in [2.24, 2.45) is 0 Å². The molecule has 1 aliphatic rings. The SMILES string of the molecule is C=CC(=O)NCc1nc(-c2nc(-c3ccc4c(c3)C(O)CC4)c3ccsc3c2-c2ccc(F)cc2OCCOC)n[nH]1. The van der Waals surface area contributed by atoms with Crippen molar-refractivity contribution in [3.63, 3.8) is 0 Å². The molecule has 0 aliphatic heterocycles. The third-order valence-corrected chi connectivity index (χ3v) is 8.12. The van der Waals surface area contributed by atoms with Gasteiger partial charge in [0, 0.05) is 40.0 Å². The van der Waals surface area contributed by atoms with Gasteiger partial charge in [-0.2, -0.15) is 5.10 Å². The second-order valence-electron chi connectivity index (χ2n) is 9.82. The van der Waals surface area contributed by atoms with Crippen LogP contribution < -0.4 is 10.1 Å². The molecule has 1 unspecified atom stereocenters. The molecule has 42 heavy (non-hydrogen) atoms. The number of carbonyl (C=O) groups is 1. The molecule has 3 N–H and O–H groups in total. The van der Waals surface area contributed by atoms with E-state index in [1.54, 1.807) is 13.2 Å². The van der Waals surface area contributed by atoms with Gasteiger partial charge >= 0.3 is 0 Å². The number of aliphatic hydroxyl groups excluding tert-OH is 1. The topological polar surface area (TPSA) is 122 Å². The van der Waals surface area contributed by atoms with Crippen LogP contribution in [0.25, 0.3) is 44.0 Å². The highest BCUT2D eigenvalue weighted by molar-refractivity contribution is 7.18. The van der Waals surface area contributed by atoms with E-state index < -0.39 is 11.9 Å². The second-order valence-corrected chi connectivity index (χ2v) is 10.7. The summed E-state index contributed by atoms with van der Waals surface area (Å²) in [5, 5.41) is 23.5. The van der Waals surface area contributed by atoms with Gasteiger partial charge < -0.3 is 19.9 Å². The van der Waals surface area contributed by atoms with E-state index in [2.05, 4.69) is 27.1 Å². The van der Waals surface area contributed by atoms with Crippen LogP contribution >= 0.6 is 11.3 Å². The highest BCUT2D eigenvalue weighted by Gasteiger charge is 2.26. The van der Waals surface area contributed by atoms with Crippen LogP contribution in [-0.2, 0) is 22.5 Å². The molecule has 0 radical (unpaired) electrons. The van der Waals surface area contributed by atoms with Crippen LogP contribution in [0.3, 0.4) is 0 Å². The van der Waals surface area contributed by atoms with Crippen LogP contribution in [0.1, 0.15) is 29.5 Å². The van der Waals surface area contributed by atoms with Gasteiger partial charge in [-0.15, -0.1) is 11.3 Å². The first-order chi connectivity index (χ1) is 20.5. The molecule has 6 rings (SSSR count). The molecule has 0 bridgehead atoms. The minimum atomic E-state index is -0.510. The van der Waals surface area contributed by atoms with E-state index in [4.69, 9.17) is 14.5 Å². The normalized spacial score (nSPS) is 14.2. The molecule has 5 aromatic rings. The lowest BCUT2D eigenvalue weighted by Crippen LogP contribution is -2.20. The van der Waals surface area contributed by atoms with E-state index in [-0.39, 0.29) is 19.1 Å². The average molecular weight is 586 g/mol. The zero-order valence-electron chi connectivity index (χ0n) is 22.8. The average Bonchev–Trinajstić information content (AvgIpc) is 3.76. The zero-order valence-corrected chi connectivity index (χ0v) is 23.6. The molecule has 0 spiro atoms. The quantitative estimate of drug-likeness (QED) is 0.149. The number of aromatic amines is 1. The maximum Gasteiger partial charge on any atom is 0.243 e. The number of aliphatic hydroxyl groups is 1. The minimum Gasteiger partial charge on any atom is -0.490 e. The van der Waals surface area contributed by atoms with Gasteiger partial charge in [0.15, 0.2) is 0 Å². The molecule has 1 amide bonds. The number of nitrogens with zero attached hydrogens (tertiary/aromatic N) is 3. The lowest BCUT2D eigenvalue weighted by molar-refractivity contribution is -0.116. The summed E-state index contributed by atoms with van der Waals surface area (Å²) >= 11 is 1.52. The number of benzene rings is 2. The van der Waals surface area contributed by atoms with Crippen molar-refractivity contribution in [1.29, 1.82) is 0 Å². The molecule has 2 aromatic carbocycles. The van der Waals surface area contributed by atoms with Crippen LogP contribution in [0.15, 0.2) is 60.5 Å². The Balaban J connectivity index is 1.56. The number of thiophene rings is 1. The summed E-state index contributed by atoms with van der Waals surface area (Å²) < 4.78 is 26.4. The Kier molecular flexibility index (Phi) is 7.79. The van der Waals surface area contributed by atoms with Crippen LogP contribution in [0.2, 0.25) is 0 Å². The number of hydrogen-bond acceptors (Lipinski definition) is 8. The van der Waals surface area contributed by atoms with E-state index in [1.165, 1.54) is 29.5 Å². The molecule has 0 saturated heterocycles. The lowest BCUT2D eigenvalue weighted by atomic mass is 9.96. The van der Waals surface area contributed by atoms with Crippen molar-refractivity contribution >= 4 is 27.3 Å². The summed E-state index contributed by atoms with van der Waals surface area (Å²) in [4.78, 5) is 21.5. The summed E-state index contributed by atoms with van der Waals surface area (Å²) in [6, 6.07) is 12.5. The van der Waals surface area contributed by atoms with Gasteiger partial charge in [-0.05, 0) is 59.7 Å². The standard InChI is InChI=1S/C31H28FN5O4S/c1-3-26(39)33-16-25-34-31(37-36-25)29-27(20-8-7-19(32)15-24(20)41-12-11-40-2)30-21(10-13-42-30)28(35-29)18-5-4-17-6-9-23(38)22(17)14-18/h3-5,7-8,10,13-15,23,38H,1,6,9,11-12,16H2,2H3,(H,33,39)(H,34,36,37). The van der Waals surface area contributed by atoms with Crippen molar-refractivity contribution in [1.82, 2.24) is 25.5 Å². The molecule has 1 atom stereocenters. The molecular weight excluding hydrogens is 557 g/mol. The van der Waals surface area contributed by atoms with E-state index in [9.17, 15) is 14.3 Å². The number of methoxy groups -OCH3 is 1. The summed E-state index contributed by atoms with van der Waals surface area (Å²) in [6.45, 7) is 4.15. The van der Waals surface area contributed by atoms with Gasteiger partial charge in [-0.1, -0.05) is 18.7 Å². The number of H-pyrrole nitrogens is 1. The number of aromatic nitrogens is 4. The Morgan fingerprint density at radius 2 is 2.10 bits per heavy atom. The fourth-order valence-electron chi connectivity index (χ4n) is 5.16. The largest absolute Gasteiger partial charge is 0.490 e. The van der Waals surface area contributed by atoms with E-state index in [0.717, 1.165) is 33.2 Å². The number of rotatable bonds is 10. The molecule has 3 heterocycles. The number of amides is 1. The first-order valence-corrected chi connectivity index (χ1v) is 14.3. The van der Waals surface area contributed by atoms with Gasteiger partial charge in [0.2, 0.25) is 11.7 Å². The van der Waals surface area contributed by atoms with Gasteiger partial charge in [0.25, 0.3) is 0 Å². The van der Waals surface area contributed by atoms with Gasteiger partial charge in [0.05, 0.1) is 24.9 Å². The predicted octanol–water partition coefficient (Wildman–Crippen LogP) is 5.36. The highest BCUT2D eigenvalue weighted by atomic mass is 32.1. The molecule has 11 heteroatoms. The number of nitrogens with one attached hydrogen (secondary N) is 2. The number of pyridine rings is 1. The number of carbonyl (C=O) groups excluding carboxylic acids is 1. The zero-order chi connectivity index (χ0) is 29.2. The van der Waals surface area contributed by atoms with Crippen molar-refractivity contribution in [2.45, 2.75) is 25.5 Å². The fraction of sp³-hybridized carbons (Fsp3) is 0.226. The minimum absolute atomic E-state index is 0.117. The van der Waals surface area contributed by atoms with Crippen molar-refractivity contribution in [3.8, 4) is 39.7 Å². The number of hydrogen-bond donors (Lipinski definition) is 3. The van der Waals surface area contributed by atoms with Crippen molar-refractivity contribution < 1.29 is 23.8 Å². The van der Waals surface area contributed by atoms with E-state index in [0.29, 0.717) is 52.9 Å². The van der Waals surface area contributed by atoms with Crippen LogP contribution in [0.5, 0.6) is 5.75 Å². The van der Waals surface area contributed by atoms with E-state index >= 15 is 0 Å². The fourth-order valence-corrected chi connectivity index (χ4v) is 6.12. The molecule has 9 nitrogen and oxygen atoms in total. The third-order valence-electron chi connectivity index (χ3n) is 7.19. The van der Waals surface area contributed by atoms with Gasteiger partial charge in [-0.3, -0.25) is 9.89 Å². The van der Waals surface area contributed by atoms with Crippen LogP contribution in [-0.4, -0.2) is 51.5 Å². The number of aryl methyl sites for hydroxylation is 1. The summed E-state index contributed by atoms with van der Waals surface area (Å²) in [6.07, 6.45) is 2.20. The monoisotopic (exact) mass is 585 g/mol. The lowest BCUT2D eigenvalue weighted by Gasteiger charge is -2.17. The molecule has 0 fully saturated rings. The van der Waals surface area contributed by atoms with E-state index in [1.807, 2.05) is 29.6 Å². The Hall–Kier alpha value is -4.45. The first kappa shape index (κ1) is 27.7. The maximum atomic E-state index is 14.4. The Labute approximate surface area is 245 Å². The highest BCUT2D eigenvalue weighted by Crippen LogP contribution is 2.46. The van der Waals surface area contributed by atoms with Crippen molar-refractivity contribution in [2.75, 3.05) is 20.3 Å². The van der Waals surface area contributed by atoms with Crippen molar-refractivity contribution in [3.05, 3.63) is 83.3 Å². The number of ether oxygens (including phenoxy) is 2. The smallest absolute Gasteiger partial charge is 0.243 e. The Bertz CT molecular complexity index is 1800. The predicted molar refractivity (Wildman–Crippen MR) is 159 cm³/mol. The molecule has 1 aliphatic carbocycles. The number of halogens is 1. The molecule has 214 valence electrons.